The summed E-state index contributed by atoms with van der Waals surface area (Å²) in [6.07, 6.45) is 9.57. The van der Waals surface area contributed by atoms with Gasteiger partial charge < -0.3 is 10.1 Å². The van der Waals surface area contributed by atoms with E-state index in [0.29, 0.717) is 0 Å². The molecule has 0 radical (unpaired) electrons. The van der Waals surface area contributed by atoms with Gasteiger partial charge in [-0.05, 0) is 32.2 Å². The lowest BCUT2D eigenvalue weighted by atomic mass is 10.2. The standard InChI is InChI=1S/C12H23NO/c1-2-3-10-14-11-6-9-13-12-7-4-5-8-12/h2,12-13H,1,3-11H2. The highest BCUT2D eigenvalue weighted by atomic mass is 16.5. The number of rotatable bonds is 8. The van der Waals surface area contributed by atoms with Gasteiger partial charge in [0.2, 0.25) is 0 Å². The molecule has 2 nitrogen and oxygen atoms in total. The zero-order valence-corrected chi connectivity index (χ0v) is 9.13. The molecule has 14 heavy (non-hydrogen) atoms. The number of hydrogen-bond acceptors (Lipinski definition) is 2. The molecule has 0 unspecified atom stereocenters. The van der Waals surface area contributed by atoms with Crippen molar-refractivity contribution in [1.29, 1.82) is 0 Å². The van der Waals surface area contributed by atoms with Crippen LogP contribution in [0.1, 0.15) is 38.5 Å². The molecular formula is C12H23NO. The molecule has 2 heteroatoms. The Morgan fingerprint density at radius 2 is 2.07 bits per heavy atom. The van der Waals surface area contributed by atoms with E-state index in [2.05, 4.69) is 11.9 Å². The van der Waals surface area contributed by atoms with E-state index in [1.54, 1.807) is 0 Å². The molecule has 1 aliphatic carbocycles. The molecule has 0 aromatic rings. The molecule has 0 spiro atoms. The van der Waals surface area contributed by atoms with Gasteiger partial charge in [-0.2, -0.15) is 0 Å². The van der Waals surface area contributed by atoms with Gasteiger partial charge >= 0.3 is 0 Å². The van der Waals surface area contributed by atoms with Crippen molar-refractivity contribution in [2.24, 2.45) is 0 Å². The van der Waals surface area contributed by atoms with E-state index < -0.39 is 0 Å². The molecule has 0 saturated heterocycles. The summed E-state index contributed by atoms with van der Waals surface area (Å²) in [4.78, 5) is 0. The van der Waals surface area contributed by atoms with Gasteiger partial charge in [0.25, 0.3) is 0 Å². The molecule has 1 aliphatic rings. The highest BCUT2D eigenvalue weighted by molar-refractivity contribution is 4.73. The summed E-state index contributed by atoms with van der Waals surface area (Å²) >= 11 is 0. The fourth-order valence-corrected chi connectivity index (χ4v) is 1.88. The molecule has 1 rings (SSSR count). The van der Waals surface area contributed by atoms with Crippen LogP contribution in [0, 0.1) is 0 Å². The van der Waals surface area contributed by atoms with Crippen LogP contribution in [-0.4, -0.2) is 25.8 Å². The molecule has 1 fully saturated rings. The number of nitrogens with one attached hydrogen (secondary N) is 1. The van der Waals surface area contributed by atoms with Gasteiger partial charge in [-0.3, -0.25) is 0 Å². The third-order valence-electron chi connectivity index (χ3n) is 2.72. The third-order valence-corrected chi connectivity index (χ3v) is 2.72. The van der Waals surface area contributed by atoms with E-state index in [-0.39, 0.29) is 0 Å². The molecule has 0 amide bonds. The highest BCUT2D eigenvalue weighted by Crippen LogP contribution is 2.17. The first kappa shape index (κ1) is 11.7. The molecule has 82 valence electrons. The van der Waals surface area contributed by atoms with Gasteiger partial charge in [-0.1, -0.05) is 18.9 Å². The van der Waals surface area contributed by atoms with Gasteiger partial charge in [-0.15, -0.1) is 6.58 Å². The molecule has 0 aromatic heterocycles. The number of hydrogen-bond donors (Lipinski definition) is 1. The van der Waals surface area contributed by atoms with Crippen LogP contribution in [0.3, 0.4) is 0 Å². The summed E-state index contributed by atoms with van der Waals surface area (Å²) in [5.74, 6) is 0. The van der Waals surface area contributed by atoms with Gasteiger partial charge in [-0.25, -0.2) is 0 Å². The summed E-state index contributed by atoms with van der Waals surface area (Å²) in [5.41, 5.74) is 0. The second kappa shape index (κ2) is 8.01. The fourth-order valence-electron chi connectivity index (χ4n) is 1.88. The maximum Gasteiger partial charge on any atom is 0.0500 e. The van der Waals surface area contributed by atoms with Crippen LogP contribution < -0.4 is 5.32 Å². The lowest BCUT2D eigenvalue weighted by molar-refractivity contribution is 0.135. The second-order valence-corrected chi connectivity index (χ2v) is 3.98. The topological polar surface area (TPSA) is 21.3 Å². The molecule has 0 atom stereocenters. The average molecular weight is 197 g/mol. The third kappa shape index (κ3) is 5.40. The van der Waals surface area contributed by atoms with E-state index in [0.717, 1.165) is 38.6 Å². The summed E-state index contributed by atoms with van der Waals surface area (Å²) in [5, 5.41) is 3.57. The minimum atomic E-state index is 0.795. The first-order chi connectivity index (χ1) is 6.93. The van der Waals surface area contributed by atoms with Crippen LogP contribution in [0.25, 0.3) is 0 Å². The van der Waals surface area contributed by atoms with Crippen molar-refractivity contribution in [2.75, 3.05) is 19.8 Å². The van der Waals surface area contributed by atoms with Gasteiger partial charge in [0.1, 0.15) is 0 Å². The van der Waals surface area contributed by atoms with Crippen LogP contribution in [0.4, 0.5) is 0 Å². The van der Waals surface area contributed by atoms with Gasteiger partial charge in [0.15, 0.2) is 0 Å². The van der Waals surface area contributed by atoms with E-state index >= 15 is 0 Å². The van der Waals surface area contributed by atoms with Crippen molar-refractivity contribution in [3.05, 3.63) is 12.7 Å². The summed E-state index contributed by atoms with van der Waals surface area (Å²) < 4.78 is 5.43. The molecule has 1 saturated carbocycles. The molecule has 0 aliphatic heterocycles. The summed E-state index contributed by atoms with van der Waals surface area (Å²) in [6.45, 7) is 6.47. The SMILES string of the molecule is C=CCCOCCCNC1CCCC1. The maximum atomic E-state index is 5.43. The van der Waals surface area contributed by atoms with Crippen LogP contribution in [0.5, 0.6) is 0 Å². The van der Waals surface area contributed by atoms with Crippen LogP contribution >= 0.6 is 0 Å². The molecule has 0 aromatic carbocycles. The number of ether oxygens (including phenoxy) is 1. The molecule has 0 bridgehead atoms. The van der Waals surface area contributed by atoms with Crippen molar-refractivity contribution in [3.8, 4) is 0 Å². The van der Waals surface area contributed by atoms with Gasteiger partial charge in [0.05, 0.1) is 0 Å². The van der Waals surface area contributed by atoms with Crippen molar-refractivity contribution >= 4 is 0 Å². The van der Waals surface area contributed by atoms with Crippen LogP contribution in [0.2, 0.25) is 0 Å². The molecular weight excluding hydrogens is 174 g/mol. The zero-order valence-electron chi connectivity index (χ0n) is 9.13. The van der Waals surface area contributed by atoms with E-state index in [9.17, 15) is 0 Å². The predicted octanol–water partition coefficient (Wildman–Crippen LogP) is 2.50. The van der Waals surface area contributed by atoms with Crippen molar-refractivity contribution in [2.45, 2.75) is 44.6 Å². The minimum Gasteiger partial charge on any atom is -0.381 e. The second-order valence-electron chi connectivity index (χ2n) is 3.98. The Labute approximate surface area is 87.7 Å². The zero-order chi connectivity index (χ0) is 10.1. The van der Waals surface area contributed by atoms with Crippen molar-refractivity contribution in [1.82, 2.24) is 5.32 Å². The lowest BCUT2D eigenvalue weighted by Crippen LogP contribution is -2.27. The first-order valence-corrected chi connectivity index (χ1v) is 5.85. The quantitative estimate of drug-likeness (QED) is 0.477. The minimum absolute atomic E-state index is 0.795. The Hall–Kier alpha value is -0.340. The first-order valence-electron chi connectivity index (χ1n) is 5.85. The van der Waals surface area contributed by atoms with E-state index in [1.807, 2.05) is 6.08 Å². The fraction of sp³-hybridized carbons (Fsp3) is 0.833. The Kier molecular flexibility index (Phi) is 6.71. The van der Waals surface area contributed by atoms with Crippen LogP contribution in [-0.2, 0) is 4.74 Å². The largest absolute Gasteiger partial charge is 0.381 e. The monoisotopic (exact) mass is 197 g/mol. The smallest absolute Gasteiger partial charge is 0.0500 e. The molecule has 1 N–H and O–H groups in total. The lowest BCUT2D eigenvalue weighted by Gasteiger charge is -2.11. The van der Waals surface area contributed by atoms with Gasteiger partial charge in [0, 0.05) is 19.3 Å². The van der Waals surface area contributed by atoms with E-state index in [4.69, 9.17) is 4.74 Å². The Morgan fingerprint density at radius 1 is 1.29 bits per heavy atom. The normalized spacial score (nSPS) is 17.4. The Bertz CT molecular complexity index is 141. The Balaban J connectivity index is 1.77. The van der Waals surface area contributed by atoms with E-state index in [1.165, 1.54) is 25.7 Å². The predicted molar refractivity (Wildman–Crippen MR) is 60.5 cm³/mol. The summed E-state index contributed by atoms with van der Waals surface area (Å²) in [6, 6.07) is 0.795. The van der Waals surface area contributed by atoms with Crippen LogP contribution in [0.15, 0.2) is 12.7 Å². The molecule has 0 heterocycles. The average Bonchev–Trinajstić information content (AvgIpc) is 2.69. The summed E-state index contributed by atoms with van der Waals surface area (Å²) in [7, 11) is 0. The highest BCUT2D eigenvalue weighted by Gasteiger charge is 2.12. The maximum absolute atomic E-state index is 5.43. The van der Waals surface area contributed by atoms with Crippen molar-refractivity contribution in [3.63, 3.8) is 0 Å². The Morgan fingerprint density at radius 3 is 2.79 bits per heavy atom. The van der Waals surface area contributed by atoms with Crippen molar-refractivity contribution < 1.29 is 4.74 Å².